The van der Waals surface area contributed by atoms with Gasteiger partial charge in [0.25, 0.3) is 0 Å². The third kappa shape index (κ3) is 3.17. The molecule has 0 spiro atoms. The highest BCUT2D eigenvalue weighted by Crippen LogP contribution is 2.21. The van der Waals surface area contributed by atoms with Crippen LogP contribution < -0.4 is 5.69 Å². The lowest BCUT2D eigenvalue weighted by Crippen LogP contribution is -2.17. The SMILES string of the molecule is CCCn1c(SCc2cccc(Cl)c2)n[nH]c1=O. The predicted molar refractivity (Wildman–Crippen MR) is 74.2 cm³/mol. The van der Waals surface area contributed by atoms with E-state index in [0.717, 1.165) is 27.9 Å². The van der Waals surface area contributed by atoms with Gasteiger partial charge in [0.15, 0.2) is 5.16 Å². The Hall–Kier alpha value is -1.20. The fourth-order valence-electron chi connectivity index (χ4n) is 1.61. The largest absolute Gasteiger partial charge is 0.343 e. The van der Waals surface area contributed by atoms with Crippen LogP contribution in [0.5, 0.6) is 0 Å². The Morgan fingerprint density at radius 1 is 1.50 bits per heavy atom. The Kier molecular flexibility index (Phi) is 4.49. The van der Waals surface area contributed by atoms with Crippen LogP contribution in [0.3, 0.4) is 0 Å². The Morgan fingerprint density at radius 2 is 2.33 bits per heavy atom. The predicted octanol–water partition coefficient (Wildman–Crippen LogP) is 2.93. The number of halogens is 1. The molecule has 18 heavy (non-hydrogen) atoms. The number of benzene rings is 1. The first-order valence-corrected chi connectivity index (χ1v) is 7.09. The highest BCUT2D eigenvalue weighted by atomic mass is 35.5. The molecule has 0 unspecified atom stereocenters. The van der Waals surface area contributed by atoms with Crippen molar-refractivity contribution in [3.8, 4) is 0 Å². The number of nitrogens with zero attached hydrogens (tertiary/aromatic N) is 2. The van der Waals surface area contributed by atoms with Gasteiger partial charge in [-0.2, -0.15) is 0 Å². The van der Waals surface area contributed by atoms with Crippen molar-refractivity contribution in [1.82, 2.24) is 14.8 Å². The van der Waals surface area contributed by atoms with E-state index < -0.39 is 0 Å². The van der Waals surface area contributed by atoms with E-state index in [9.17, 15) is 4.79 Å². The average molecular weight is 284 g/mol. The summed E-state index contributed by atoms with van der Waals surface area (Å²) in [7, 11) is 0. The Bertz CT molecular complexity index is 579. The van der Waals surface area contributed by atoms with Crippen molar-refractivity contribution in [3.63, 3.8) is 0 Å². The summed E-state index contributed by atoms with van der Waals surface area (Å²) in [6, 6.07) is 7.69. The van der Waals surface area contributed by atoms with Gasteiger partial charge < -0.3 is 0 Å². The number of hydrogen-bond donors (Lipinski definition) is 1. The number of thioether (sulfide) groups is 1. The lowest BCUT2D eigenvalue weighted by molar-refractivity contribution is 0.604. The van der Waals surface area contributed by atoms with Gasteiger partial charge in [0.1, 0.15) is 0 Å². The van der Waals surface area contributed by atoms with Gasteiger partial charge in [0, 0.05) is 17.3 Å². The molecule has 1 aromatic carbocycles. The number of hydrogen-bond acceptors (Lipinski definition) is 3. The van der Waals surface area contributed by atoms with Crippen LogP contribution in [0.4, 0.5) is 0 Å². The highest BCUT2D eigenvalue weighted by Gasteiger charge is 2.08. The summed E-state index contributed by atoms with van der Waals surface area (Å²) in [4.78, 5) is 11.5. The molecule has 0 atom stereocenters. The smallest absolute Gasteiger partial charge is 0.270 e. The monoisotopic (exact) mass is 283 g/mol. The van der Waals surface area contributed by atoms with Crippen molar-refractivity contribution in [1.29, 1.82) is 0 Å². The van der Waals surface area contributed by atoms with E-state index in [4.69, 9.17) is 11.6 Å². The molecule has 0 aliphatic heterocycles. The van der Waals surface area contributed by atoms with E-state index in [0.29, 0.717) is 6.54 Å². The Balaban J connectivity index is 2.08. The van der Waals surface area contributed by atoms with Gasteiger partial charge in [-0.25, -0.2) is 9.89 Å². The number of aromatic nitrogens is 3. The van der Waals surface area contributed by atoms with Crippen molar-refractivity contribution in [3.05, 3.63) is 45.3 Å². The van der Waals surface area contributed by atoms with Gasteiger partial charge in [0.2, 0.25) is 0 Å². The van der Waals surface area contributed by atoms with Crippen molar-refractivity contribution >= 4 is 23.4 Å². The van der Waals surface area contributed by atoms with Gasteiger partial charge in [0.05, 0.1) is 0 Å². The highest BCUT2D eigenvalue weighted by molar-refractivity contribution is 7.98. The van der Waals surface area contributed by atoms with Crippen LogP contribution in [0.1, 0.15) is 18.9 Å². The molecule has 1 heterocycles. The summed E-state index contributed by atoms with van der Waals surface area (Å²) >= 11 is 7.46. The van der Waals surface area contributed by atoms with Crippen LogP contribution in [0.25, 0.3) is 0 Å². The number of nitrogens with one attached hydrogen (secondary N) is 1. The minimum atomic E-state index is -0.148. The maximum absolute atomic E-state index is 11.5. The third-order valence-corrected chi connectivity index (χ3v) is 3.71. The molecule has 0 fully saturated rings. The van der Waals surface area contributed by atoms with Crippen molar-refractivity contribution in [2.24, 2.45) is 0 Å². The molecule has 0 bridgehead atoms. The van der Waals surface area contributed by atoms with E-state index in [1.807, 2.05) is 31.2 Å². The second kappa shape index (κ2) is 6.11. The molecule has 0 saturated heterocycles. The maximum Gasteiger partial charge on any atom is 0.343 e. The second-order valence-corrected chi connectivity index (χ2v) is 5.26. The molecule has 2 aromatic rings. The van der Waals surface area contributed by atoms with E-state index in [-0.39, 0.29) is 5.69 Å². The molecule has 0 saturated carbocycles. The molecule has 6 heteroatoms. The van der Waals surface area contributed by atoms with Gasteiger partial charge in [-0.1, -0.05) is 42.4 Å². The summed E-state index contributed by atoms with van der Waals surface area (Å²) < 4.78 is 1.66. The number of H-pyrrole nitrogens is 1. The van der Waals surface area contributed by atoms with Crippen LogP contribution >= 0.6 is 23.4 Å². The van der Waals surface area contributed by atoms with E-state index in [1.165, 1.54) is 11.8 Å². The topological polar surface area (TPSA) is 50.7 Å². The van der Waals surface area contributed by atoms with Crippen molar-refractivity contribution in [2.45, 2.75) is 30.8 Å². The van der Waals surface area contributed by atoms with Gasteiger partial charge in [-0.15, -0.1) is 5.10 Å². The number of rotatable bonds is 5. The molecule has 0 aliphatic carbocycles. The van der Waals surface area contributed by atoms with Crippen molar-refractivity contribution < 1.29 is 0 Å². The first-order valence-electron chi connectivity index (χ1n) is 5.73. The van der Waals surface area contributed by atoms with Crippen LogP contribution in [0.2, 0.25) is 5.02 Å². The van der Waals surface area contributed by atoms with E-state index in [2.05, 4.69) is 10.2 Å². The standard InChI is InChI=1S/C12H14ClN3OS/c1-2-6-16-11(17)14-15-12(16)18-8-9-4-3-5-10(13)7-9/h3-5,7H,2,6,8H2,1H3,(H,14,17). The van der Waals surface area contributed by atoms with Crippen molar-refractivity contribution in [2.75, 3.05) is 0 Å². The summed E-state index contributed by atoms with van der Waals surface area (Å²) in [6.45, 7) is 2.72. The zero-order chi connectivity index (χ0) is 13.0. The first-order chi connectivity index (χ1) is 8.70. The minimum Gasteiger partial charge on any atom is -0.270 e. The molecule has 4 nitrogen and oxygen atoms in total. The molecule has 1 N–H and O–H groups in total. The Morgan fingerprint density at radius 3 is 3.06 bits per heavy atom. The molecule has 0 radical (unpaired) electrons. The molecular formula is C12H14ClN3OS. The third-order valence-electron chi connectivity index (χ3n) is 2.43. The lowest BCUT2D eigenvalue weighted by atomic mass is 10.2. The van der Waals surface area contributed by atoms with Gasteiger partial charge in [-0.05, 0) is 24.1 Å². The maximum atomic E-state index is 11.5. The molecule has 2 rings (SSSR count). The van der Waals surface area contributed by atoms with E-state index >= 15 is 0 Å². The number of aromatic amines is 1. The molecular weight excluding hydrogens is 270 g/mol. The summed E-state index contributed by atoms with van der Waals surface area (Å²) in [5.74, 6) is 0.745. The lowest BCUT2D eigenvalue weighted by Gasteiger charge is -2.04. The van der Waals surface area contributed by atoms with Gasteiger partial charge >= 0.3 is 5.69 Å². The van der Waals surface area contributed by atoms with Crippen LogP contribution in [-0.4, -0.2) is 14.8 Å². The average Bonchev–Trinajstić information content (AvgIpc) is 2.69. The van der Waals surface area contributed by atoms with Crippen LogP contribution in [-0.2, 0) is 12.3 Å². The Labute approximate surface area is 114 Å². The van der Waals surface area contributed by atoms with Crippen LogP contribution in [0.15, 0.2) is 34.2 Å². The fraction of sp³-hybridized carbons (Fsp3) is 0.333. The first kappa shape index (κ1) is 13.2. The fourth-order valence-corrected chi connectivity index (χ4v) is 2.74. The summed E-state index contributed by atoms with van der Waals surface area (Å²) in [5.41, 5.74) is 0.969. The zero-order valence-corrected chi connectivity index (χ0v) is 11.6. The normalized spacial score (nSPS) is 10.8. The van der Waals surface area contributed by atoms with Gasteiger partial charge in [-0.3, -0.25) is 4.57 Å². The summed E-state index contributed by atoms with van der Waals surface area (Å²) in [5, 5.41) is 7.95. The molecule has 0 amide bonds. The summed E-state index contributed by atoms with van der Waals surface area (Å²) in [6.07, 6.45) is 0.907. The molecule has 0 aliphatic rings. The molecule has 1 aromatic heterocycles. The van der Waals surface area contributed by atoms with Crippen LogP contribution in [0, 0.1) is 0 Å². The quantitative estimate of drug-likeness (QED) is 0.859. The molecule has 96 valence electrons. The second-order valence-electron chi connectivity index (χ2n) is 3.88. The minimum absolute atomic E-state index is 0.148. The zero-order valence-electron chi connectivity index (χ0n) is 10.0. The van der Waals surface area contributed by atoms with E-state index in [1.54, 1.807) is 4.57 Å².